The van der Waals surface area contributed by atoms with Crippen molar-refractivity contribution >= 4 is 52.0 Å². The van der Waals surface area contributed by atoms with Gasteiger partial charge in [0.25, 0.3) is 5.91 Å². The second kappa shape index (κ2) is 8.64. The van der Waals surface area contributed by atoms with Crippen molar-refractivity contribution in [3.8, 4) is 11.5 Å². The Morgan fingerprint density at radius 3 is 2.40 bits per heavy atom. The van der Waals surface area contributed by atoms with Crippen LogP contribution in [0.2, 0.25) is 10.0 Å². The van der Waals surface area contributed by atoms with Gasteiger partial charge in [0.2, 0.25) is 0 Å². The smallest absolute Gasteiger partial charge is 0.354 e. The quantitative estimate of drug-likeness (QED) is 0.484. The number of carbonyl (C=O) groups is 3. The number of carboxylic acid groups (broad SMARTS) is 1. The Bertz CT molecular complexity index is 1150. The van der Waals surface area contributed by atoms with Crippen LogP contribution >= 0.6 is 23.2 Å². The summed E-state index contributed by atoms with van der Waals surface area (Å²) in [7, 11) is 1.30. The molecule has 1 heterocycles. The number of carboxylic acids is 1. The molecule has 0 aliphatic heterocycles. The van der Waals surface area contributed by atoms with Gasteiger partial charge in [0, 0.05) is 16.5 Å². The maximum Gasteiger partial charge on any atom is 0.354 e. The first-order valence-corrected chi connectivity index (χ1v) is 9.34. The maximum absolute atomic E-state index is 12.0. The number of halogens is 2. The standard InChI is InChI=1S/C20H16Cl2N2O6/c1-9-12-7-11(3-4-15(12)24-17(9)20(28)29-2)30-18-13(21)5-10(6-14(18)22)19(27)23-8-16(25)26/h3-7,24H,8H2,1-2H3,(H,23,27)(H,25,26). The first kappa shape index (κ1) is 21.5. The number of rotatable bonds is 6. The fourth-order valence-electron chi connectivity index (χ4n) is 2.84. The van der Waals surface area contributed by atoms with Crippen molar-refractivity contribution in [2.45, 2.75) is 6.92 Å². The van der Waals surface area contributed by atoms with Crippen molar-refractivity contribution < 1.29 is 29.0 Å². The molecule has 0 aliphatic carbocycles. The molecule has 8 nitrogen and oxygen atoms in total. The Kier molecular flexibility index (Phi) is 6.19. The molecular weight excluding hydrogens is 435 g/mol. The monoisotopic (exact) mass is 450 g/mol. The molecule has 0 bridgehead atoms. The summed E-state index contributed by atoms with van der Waals surface area (Å²) in [6.07, 6.45) is 0. The van der Waals surface area contributed by atoms with Crippen LogP contribution in [0.1, 0.15) is 26.4 Å². The van der Waals surface area contributed by atoms with Gasteiger partial charge in [0.1, 0.15) is 18.0 Å². The fourth-order valence-corrected chi connectivity index (χ4v) is 3.40. The Balaban J connectivity index is 1.89. The molecule has 30 heavy (non-hydrogen) atoms. The molecular formula is C20H16Cl2N2O6. The third kappa shape index (κ3) is 4.34. The van der Waals surface area contributed by atoms with E-state index in [0.29, 0.717) is 17.0 Å². The number of nitrogens with one attached hydrogen (secondary N) is 2. The molecule has 0 aliphatic rings. The van der Waals surface area contributed by atoms with Crippen LogP contribution in [0.15, 0.2) is 30.3 Å². The molecule has 3 aromatic rings. The van der Waals surface area contributed by atoms with Gasteiger partial charge >= 0.3 is 11.9 Å². The summed E-state index contributed by atoms with van der Waals surface area (Å²) >= 11 is 12.5. The third-order valence-electron chi connectivity index (χ3n) is 4.30. The van der Waals surface area contributed by atoms with E-state index in [-0.39, 0.29) is 21.4 Å². The first-order chi connectivity index (χ1) is 14.2. The number of methoxy groups -OCH3 is 1. The Morgan fingerprint density at radius 2 is 1.80 bits per heavy atom. The van der Waals surface area contributed by atoms with Gasteiger partial charge < -0.3 is 24.9 Å². The van der Waals surface area contributed by atoms with E-state index < -0.39 is 24.4 Å². The van der Waals surface area contributed by atoms with Crippen molar-refractivity contribution in [2.75, 3.05) is 13.7 Å². The summed E-state index contributed by atoms with van der Waals surface area (Å²) in [6, 6.07) is 7.78. The lowest BCUT2D eigenvalue weighted by atomic mass is 10.1. The van der Waals surface area contributed by atoms with E-state index in [1.165, 1.54) is 19.2 Å². The van der Waals surface area contributed by atoms with Crippen LogP contribution in [-0.4, -0.2) is 41.6 Å². The lowest BCUT2D eigenvalue weighted by Gasteiger charge is -2.12. The average Bonchev–Trinajstić information content (AvgIpc) is 3.04. The van der Waals surface area contributed by atoms with Crippen LogP contribution in [0.5, 0.6) is 11.5 Å². The number of hydrogen-bond donors (Lipinski definition) is 3. The summed E-state index contributed by atoms with van der Waals surface area (Å²) in [6.45, 7) is 1.25. The molecule has 3 N–H and O–H groups in total. The van der Waals surface area contributed by atoms with Crippen molar-refractivity contribution in [1.29, 1.82) is 0 Å². The van der Waals surface area contributed by atoms with Crippen molar-refractivity contribution in [1.82, 2.24) is 10.3 Å². The highest BCUT2D eigenvalue weighted by molar-refractivity contribution is 6.37. The zero-order chi connectivity index (χ0) is 22.0. The highest BCUT2D eigenvalue weighted by Gasteiger charge is 2.18. The summed E-state index contributed by atoms with van der Waals surface area (Å²) < 4.78 is 10.6. The number of aryl methyl sites for hydroxylation is 1. The van der Waals surface area contributed by atoms with E-state index in [1.807, 2.05) is 0 Å². The normalized spacial score (nSPS) is 10.7. The Labute approximate surface area is 180 Å². The predicted molar refractivity (Wildman–Crippen MR) is 111 cm³/mol. The molecule has 156 valence electrons. The van der Waals surface area contributed by atoms with Crippen LogP contribution in [-0.2, 0) is 9.53 Å². The highest BCUT2D eigenvalue weighted by atomic mass is 35.5. The minimum absolute atomic E-state index is 0.0733. The van der Waals surface area contributed by atoms with Crippen molar-refractivity contribution in [3.05, 3.63) is 57.2 Å². The number of fused-ring (bicyclic) bond motifs is 1. The summed E-state index contributed by atoms with van der Waals surface area (Å²) in [5.74, 6) is -1.74. The van der Waals surface area contributed by atoms with Gasteiger partial charge in [-0.2, -0.15) is 0 Å². The van der Waals surface area contributed by atoms with Crippen molar-refractivity contribution in [3.63, 3.8) is 0 Å². The topological polar surface area (TPSA) is 118 Å². The van der Waals surface area contributed by atoms with Gasteiger partial charge in [-0.15, -0.1) is 0 Å². The molecule has 0 saturated carbocycles. The second-order valence-electron chi connectivity index (χ2n) is 6.27. The van der Waals surface area contributed by atoms with Gasteiger partial charge in [-0.1, -0.05) is 23.2 Å². The molecule has 0 atom stereocenters. The number of H-pyrrole nitrogens is 1. The highest BCUT2D eigenvalue weighted by Crippen LogP contribution is 2.38. The predicted octanol–water partition coefficient (Wildman–Crippen LogP) is 4.18. The number of esters is 1. The first-order valence-electron chi connectivity index (χ1n) is 8.58. The minimum Gasteiger partial charge on any atom is -0.480 e. The van der Waals surface area contributed by atoms with E-state index in [1.54, 1.807) is 25.1 Å². The number of ether oxygens (including phenoxy) is 2. The zero-order valence-electron chi connectivity index (χ0n) is 15.8. The zero-order valence-corrected chi connectivity index (χ0v) is 17.4. The summed E-state index contributed by atoms with van der Waals surface area (Å²) in [4.78, 5) is 37.5. The number of aromatic nitrogens is 1. The molecule has 1 aromatic heterocycles. The maximum atomic E-state index is 12.0. The van der Waals surface area contributed by atoms with Gasteiger partial charge in [0.05, 0.1) is 17.2 Å². The molecule has 0 saturated heterocycles. The molecule has 1 amide bonds. The van der Waals surface area contributed by atoms with E-state index in [2.05, 4.69) is 10.3 Å². The molecule has 0 spiro atoms. The van der Waals surface area contributed by atoms with Gasteiger partial charge in [-0.25, -0.2) is 4.79 Å². The van der Waals surface area contributed by atoms with Crippen LogP contribution in [0, 0.1) is 6.92 Å². The lowest BCUT2D eigenvalue weighted by molar-refractivity contribution is -0.135. The van der Waals surface area contributed by atoms with E-state index in [4.69, 9.17) is 37.8 Å². The second-order valence-corrected chi connectivity index (χ2v) is 7.09. The van der Waals surface area contributed by atoms with Crippen LogP contribution in [0.3, 0.4) is 0 Å². The van der Waals surface area contributed by atoms with E-state index >= 15 is 0 Å². The van der Waals surface area contributed by atoms with Gasteiger partial charge in [-0.3, -0.25) is 9.59 Å². The minimum atomic E-state index is -1.17. The Hall–Kier alpha value is -3.23. The van der Waals surface area contributed by atoms with Crippen LogP contribution < -0.4 is 10.1 Å². The lowest BCUT2D eigenvalue weighted by Crippen LogP contribution is -2.29. The van der Waals surface area contributed by atoms with E-state index in [0.717, 1.165) is 10.9 Å². The number of carbonyl (C=O) groups excluding carboxylic acids is 2. The number of amides is 1. The van der Waals surface area contributed by atoms with Gasteiger partial charge in [-0.05, 0) is 42.8 Å². The summed E-state index contributed by atoms with van der Waals surface area (Å²) in [5, 5.41) is 11.8. The number of aliphatic carboxylic acids is 1. The summed E-state index contributed by atoms with van der Waals surface area (Å²) in [5.41, 5.74) is 1.86. The van der Waals surface area contributed by atoms with Crippen LogP contribution in [0.4, 0.5) is 0 Å². The van der Waals surface area contributed by atoms with E-state index in [9.17, 15) is 14.4 Å². The third-order valence-corrected chi connectivity index (χ3v) is 4.86. The van der Waals surface area contributed by atoms with Gasteiger partial charge in [0.15, 0.2) is 5.75 Å². The SMILES string of the molecule is COC(=O)c1[nH]c2ccc(Oc3c(Cl)cc(C(=O)NCC(=O)O)cc3Cl)cc2c1C. The Morgan fingerprint density at radius 1 is 1.13 bits per heavy atom. The molecule has 0 radical (unpaired) electrons. The molecule has 10 heteroatoms. The van der Waals surface area contributed by atoms with Crippen LogP contribution in [0.25, 0.3) is 10.9 Å². The molecule has 2 aromatic carbocycles. The van der Waals surface area contributed by atoms with Crippen molar-refractivity contribution in [2.24, 2.45) is 0 Å². The molecule has 3 rings (SSSR count). The number of benzene rings is 2. The molecule has 0 unspecified atom stereocenters. The average molecular weight is 451 g/mol. The largest absolute Gasteiger partial charge is 0.480 e. The number of hydrogen-bond acceptors (Lipinski definition) is 5. The molecule has 0 fully saturated rings. The fraction of sp³-hybridized carbons (Fsp3) is 0.150. The number of aromatic amines is 1.